The molecule has 0 unspecified atom stereocenters. The van der Waals surface area contributed by atoms with Crippen molar-refractivity contribution in [2.45, 2.75) is 27.0 Å². The van der Waals surface area contributed by atoms with Gasteiger partial charge in [-0.3, -0.25) is 0 Å². The van der Waals surface area contributed by atoms with Crippen LogP contribution >= 0.6 is 0 Å². The Kier molecular flexibility index (Phi) is 5.60. The van der Waals surface area contributed by atoms with E-state index in [1.54, 1.807) is 36.1 Å². The third kappa shape index (κ3) is 5.24. The second kappa shape index (κ2) is 8.26. The fourth-order valence-electron chi connectivity index (χ4n) is 2.26. The van der Waals surface area contributed by atoms with Gasteiger partial charge in [0.05, 0.1) is 12.7 Å². The van der Waals surface area contributed by atoms with Gasteiger partial charge in [-0.05, 0) is 26.0 Å². The molecule has 3 rings (SSSR count). The Bertz CT molecular complexity index is 923. The van der Waals surface area contributed by atoms with Crippen molar-refractivity contribution < 1.29 is 14.3 Å². The molecule has 0 spiro atoms. The summed E-state index contributed by atoms with van der Waals surface area (Å²) in [7, 11) is 0. The minimum absolute atomic E-state index is 0.00989. The maximum Gasteiger partial charge on any atom is 0.344 e. The van der Waals surface area contributed by atoms with Gasteiger partial charge in [-0.1, -0.05) is 22.9 Å². The fourth-order valence-corrected chi connectivity index (χ4v) is 2.26. The highest BCUT2D eigenvalue weighted by Gasteiger charge is 2.09. The molecule has 9 nitrogen and oxygen atoms in total. The van der Waals surface area contributed by atoms with E-state index in [-0.39, 0.29) is 13.2 Å². The lowest BCUT2D eigenvalue weighted by Gasteiger charge is -2.06. The van der Waals surface area contributed by atoms with Gasteiger partial charge in [0.1, 0.15) is 29.7 Å². The van der Waals surface area contributed by atoms with Crippen LogP contribution in [0.4, 0.5) is 5.82 Å². The van der Waals surface area contributed by atoms with Gasteiger partial charge in [0.2, 0.25) is 0 Å². The Balaban J connectivity index is 1.47. The number of hydrogen-bond donors (Lipinski definition) is 1. The molecule has 0 aliphatic rings. The molecule has 0 amide bonds. The van der Waals surface area contributed by atoms with Crippen molar-refractivity contribution in [2.75, 3.05) is 12.3 Å². The summed E-state index contributed by atoms with van der Waals surface area (Å²) in [4.78, 5) is 20.0. The molecule has 2 heterocycles. The van der Waals surface area contributed by atoms with E-state index < -0.39 is 5.97 Å². The molecule has 0 fully saturated rings. The largest absolute Gasteiger partial charge is 0.482 e. The molecule has 0 bridgehead atoms. The first kappa shape index (κ1) is 18.3. The van der Waals surface area contributed by atoms with E-state index >= 15 is 0 Å². The zero-order chi connectivity index (χ0) is 19.2. The molecule has 0 aliphatic heterocycles. The van der Waals surface area contributed by atoms with Crippen LogP contribution in [-0.2, 0) is 22.7 Å². The first-order valence-electron chi connectivity index (χ1n) is 8.31. The van der Waals surface area contributed by atoms with Crippen molar-refractivity contribution in [3.05, 3.63) is 59.3 Å². The minimum Gasteiger partial charge on any atom is -0.482 e. The van der Waals surface area contributed by atoms with Crippen LogP contribution in [0.3, 0.4) is 0 Å². The molecule has 3 aromatic rings. The van der Waals surface area contributed by atoms with Crippen molar-refractivity contribution in [1.29, 1.82) is 0 Å². The highest BCUT2D eigenvalue weighted by molar-refractivity contribution is 5.71. The van der Waals surface area contributed by atoms with Gasteiger partial charge in [0.25, 0.3) is 0 Å². The minimum atomic E-state index is -0.485. The van der Waals surface area contributed by atoms with E-state index in [0.717, 1.165) is 11.1 Å². The lowest BCUT2D eigenvalue weighted by atomic mass is 10.2. The highest BCUT2D eigenvalue weighted by Crippen LogP contribution is 2.12. The summed E-state index contributed by atoms with van der Waals surface area (Å²) >= 11 is 0. The Morgan fingerprint density at radius 2 is 2.00 bits per heavy atom. The standard InChI is InChI=1S/C18H20N6O3/c1-12-3-5-16(6-4-12)26-11-17(25)27-10-15-9-24(23-22-15)8-14-7-20-13(2)21-18(14)19/h3-7,9H,8,10-11H2,1-2H3,(H2,19,20,21). The Labute approximate surface area is 156 Å². The normalized spacial score (nSPS) is 10.6. The van der Waals surface area contributed by atoms with Crippen LogP contribution in [0.1, 0.15) is 22.6 Å². The van der Waals surface area contributed by atoms with Crippen LogP contribution in [0.5, 0.6) is 5.75 Å². The van der Waals surface area contributed by atoms with Crippen LogP contribution < -0.4 is 10.5 Å². The lowest BCUT2D eigenvalue weighted by Crippen LogP contribution is -2.14. The predicted octanol–water partition coefficient (Wildman–Crippen LogP) is 1.44. The van der Waals surface area contributed by atoms with E-state index in [9.17, 15) is 4.79 Å². The maximum atomic E-state index is 11.8. The monoisotopic (exact) mass is 368 g/mol. The molecule has 2 N–H and O–H groups in total. The maximum absolute atomic E-state index is 11.8. The summed E-state index contributed by atoms with van der Waals surface area (Å²) < 4.78 is 12.1. The first-order chi connectivity index (χ1) is 13.0. The third-order valence-corrected chi connectivity index (χ3v) is 3.70. The van der Waals surface area contributed by atoms with Crippen LogP contribution in [0.15, 0.2) is 36.7 Å². The van der Waals surface area contributed by atoms with Crippen molar-refractivity contribution in [1.82, 2.24) is 25.0 Å². The number of aryl methyl sites for hydroxylation is 2. The lowest BCUT2D eigenvalue weighted by molar-refractivity contribution is -0.147. The number of hydrogen-bond acceptors (Lipinski definition) is 8. The summed E-state index contributed by atoms with van der Waals surface area (Å²) in [6, 6.07) is 7.42. The number of benzene rings is 1. The third-order valence-electron chi connectivity index (χ3n) is 3.70. The highest BCUT2D eigenvalue weighted by atomic mass is 16.6. The van der Waals surface area contributed by atoms with E-state index in [0.29, 0.717) is 29.6 Å². The number of esters is 1. The van der Waals surface area contributed by atoms with Crippen LogP contribution in [0.2, 0.25) is 0 Å². The molecule has 0 atom stereocenters. The molecule has 1 aromatic carbocycles. The summed E-state index contributed by atoms with van der Waals surface area (Å²) in [5.41, 5.74) is 8.24. The zero-order valence-corrected chi connectivity index (χ0v) is 15.1. The van der Waals surface area contributed by atoms with E-state index in [4.69, 9.17) is 15.2 Å². The van der Waals surface area contributed by atoms with Crippen molar-refractivity contribution >= 4 is 11.8 Å². The topological polar surface area (TPSA) is 118 Å². The number of aromatic nitrogens is 5. The number of anilines is 1. The Morgan fingerprint density at radius 3 is 2.74 bits per heavy atom. The van der Waals surface area contributed by atoms with Crippen molar-refractivity contribution in [3.63, 3.8) is 0 Å². The molecule has 0 aliphatic carbocycles. The number of nitrogen functional groups attached to an aromatic ring is 1. The van der Waals surface area contributed by atoms with E-state index in [1.165, 1.54) is 0 Å². The number of rotatable bonds is 7. The second-order valence-electron chi connectivity index (χ2n) is 6.00. The van der Waals surface area contributed by atoms with Gasteiger partial charge in [-0.2, -0.15) is 0 Å². The average Bonchev–Trinajstić information content (AvgIpc) is 3.09. The molecule has 0 radical (unpaired) electrons. The summed E-state index contributed by atoms with van der Waals surface area (Å²) in [6.45, 7) is 3.96. The molecule has 140 valence electrons. The summed E-state index contributed by atoms with van der Waals surface area (Å²) in [6.07, 6.45) is 3.33. The summed E-state index contributed by atoms with van der Waals surface area (Å²) in [5.74, 6) is 1.14. The molecular formula is C18H20N6O3. The molecule has 0 saturated carbocycles. The van der Waals surface area contributed by atoms with Gasteiger partial charge in [-0.25, -0.2) is 19.4 Å². The number of nitrogens with two attached hydrogens (primary N) is 1. The second-order valence-corrected chi connectivity index (χ2v) is 6.00. The van der Waals surface area contributed by atoms with Crippen LogP contribution in [0, 0.1) is 13.8 Å². The average molecular weight is 368 g/mol. The van der Waals surface area contributed by atoms with Crippen LogP contribution in [-0.4, -0.2) is 37.5 Å². The van der Waals surface area contributed by atoms with Crippen LogP contribution in [0.25, 0.3) is 0 Å². The van der Waals surface area contributed by atoms with Gasteiger partial charge in [0, 0.05) is 11.8 Å². The Morgan fingerprint density at radius 1 is 1.22 bits per heavy atom. The summed E-state index contributed by atoms with van der Waals surface area (Å²) in [5, 5.41) is 7.96. The predicted molar refractivity (Wildman–Crippen MR) is 96.8 cm³/mol. The van der Waals surface area contributed by atoms with Gasteiger partial charge in [0.15, 0.2) is 6.61 Å². The number of carbonyl (C=O) groups is 1. The van der Waals surface area contributed by atoms with Gasteiger partial charge in [-0.15, -0.1) is 5.10 Å². The van der Waals surface area contributed by atoms with E-state index in [1.807, 2.05) is 19.1 Å². The quantitative estimate of drug-likeness (QED) is 0.622. The first-order valence-corrected chi connectivity index (χ1v) is 8.31. The fraction of sp³-hybridized carbons (Fsp3) is 0.278. The number of nitrogens with zero attached hydrogens (tertiary/aromatic N) is 5. The Hall–Kier alpha value is -3.49. The molecule has 27 heavy (non-hydrogen) atoms. The van der Waals surface area contributed by atoms with Gasteiger partial charge >= 0.3 is 5.97 Å². The van der Waals surface area contributed by atoms with Crippen molar-refractivity contribution in [3.8, 4) is 5.75 Å². The number of ether oxygens (including phenoxy) is 2. The van der Waals surface area contributed by atoms with E-state index in [2.05, 4.69) is 20.3 Å². The molecule has 9 heteroatoms. The molecule has 2 aromatic heterocycles. The molecular weight excluding hydrogens is 348 g/mol. The van der Waals surface area contributed by atoms with Crippen molar-refractivity contribution in [2.24, 2.45) is 0 Å². The number of carbonyl (C=O) groups excluding carboxylic acids is 1. The molecule has 0 saturated heterocycles. The smallest absolute Gasteiger partial charge is 0.344 e. The SMILES string of the molecule is Cc1ccc(OCC(=O)OCc2cn(Cc3cnc(C)nc3N)nn2)cc1. The van der Waals surface area contributed by atoms with Gasteiger partial charge < -0.3 is 15.2 Å². The zero-order valence-electron chi connectivity index (χ0n) is 15.1.